The molecule has 14 heteroatoms. The largest absolute Gasteiger partial charge is 0.477 e. The third-order valence-electron chi connectivity index (χ3n) is 4.83. The summed E-state index contributed by atoms with van der Waals surface area (Å²) in [6.45, 7) is 8.64. The fourth-order valence-electron chi connectivity index (χ4n) is 3.51. The van der Waals surface area contributed by atoms with Crippen LogP contribution in [0, 0.1) is 0 Å². The molecular formula is C24H35NO13. The first kappa shape index (κ1) is 32.2. The topological polar surface area (TPSA) is 170 Å². The number of rotatable bonds is 9. The van der Waals surface area contributed by atoms with Gasteiger partial charge in [-0.05, 0) is 20.8 Å². The number of esters is 5. The van der Waals surface area contributed by atoms with Crippen LogP contribution in [0.5, 0.6) is 0 Å². The Bertz CT molecular complexity index is 951. The lowest BCUT2D eigenvalue weighted by Gasteiger charge is -2.44. The molecule has 38 heavy (non-hydrogen) atoms. The third kappa shape index (κ3) is 9.90. The fraction of sp³-hybridized carbons (Fsp3) is 0.667. The van der Waals surface area contributed by atoms with Gasteiger partial charge < -0.3 is 38.1 Å². The van der Waals surface area contributed by atoms with Gasteiger partial charge in [-0.2, -0.15) is 0 Å². The Labute approximate surface area is 220 Å². The van der Waals surface area contributed by atoms with Crippen molar-refractivity contribution in [2.45, 2.75) is 84.5 Å². The molecule has 1 aliphatic rings. The first-order chi connectivity index (χ1) is 17.5. The second kappa shape index (κ2) is 13.6. The maximum Gasteiger partial charge on any atom is 0.410 e. The highest BCUT2D eigenvalue weighted by molar-refractivity contribution is 5.86. The number of methoxy groups -OCH3 is 1. The normalized spacial score (nSPS) is 20.3. The summed E-state index contributed by atoms with van der Waals surface area (Å²) in [5.41, 5.74) is -0.925. The summed E-state index contributed by atoms with van der Waals surface area (Å²) in [6.07, 6.45) is -5.68. The van der Waals surface area contributed by atoms with Crippen LogP contribution in [0.4, 0.5) is 4.79 Å². The fourth-order valence-corrected chi connectivity index (χ4v) is 3.51. The smallest absolute Gasteiger partial charge is 0.410 e. The van der Waals surface area contributed by atoms with Crippen molar-refractivity contribution in [3.8, 4) is 0 Å². The molecule has 0 N–H and O–H groups in total. The summed E-state index contributed by atoms with van der Waals surface area (Å²) in [5, 5.41) is 0. The van der Waals surface area contributed by atoms with E-state index >= 15 is 0 Å². The van der Waals surface area contributed by atoms with E-state index in [1.165, 1.54) is 7.05 Å². The van der Waals surface area contributed by atoms with Crippen LogP contribution in [0.2, 0.25) is 0 Å². The van der Waals surface area contributed by atoms with Crippen molar-refractivity contribution in [2.24, 2.45) is 0 Å². The minimum atomic E-state index is -1.59. The Kier molecular flexibility index (Phi) is 11.5. The summed E-state index contributed by atoms with van der Waals surface area (Å²) in [6, 6.07) is -1.30. The van der Waals surface area contributed by atoms with Crippen molar-refractivity contribution < 1.29 is 61.9 Å². The van der Waals surface area contributed by atoms with Gasteiger partial charge >= 0.3 is 35.9 Å². The zero-order chi connectivity index (χ0) is 29.4. The zero-order valence-electron chi connectivity index (χ0n) is 22.9. The van der Waals surface area contributed by atoms with Crippen molar-refractivity contribution >= 4 is 35.9 Å². The third-order valence-corrected chi connectivity index (χ3v) is 4.83. The minimum absolute atomic E-state index is 0.441. The van der Waals surface area contributed by atoms with Gasteiger partial charge in [-0.1, -0.05) is 0 Å². The van der Waals surface area contributed by atoms with Crippen molar-refractivity contribution in [3.05, 3.63) is 11.8 Å². The predicted molar refractivity (Wildman–Crippen MR) is 126 cm³/mol. The van der Waals surface area contributed by atoms with E-state index in [1.807, 2.05) is 0 Å². The molecule has 0 aromatic carbocycles. The lowest BCUT2D eigenvalue weighted by Crippen LogP contribution is -2.62. The van der Waals surface area contributed by atoms with Gasteiger partial charge in [-0.25, -0.2) is 9.59 Å². The Morgan fingerprint density at radius 2 is 1.53 bits per heavy atom. The Balaban J connectivity index is 3.79. The quantitative estimate of drug-likeness (QED) is 0.298. The Morgan fingerprint density at radius 3 is 1.97 bits per heavy atom. The highest BCUT2D eigenvalue weighted by Crippen LogP contribution is 2.31. The van der Waals surface area contributed by atoms with Gasteiger partial charge in [0.2, 0.25) is 5.76 Å². The van der Waals surface area contributed by atoms with E-state index in [1.54, 1.807) is 20.8 Å². The molecule has 0 aromatic heterocycles. The molecule has 0 saturated heterocycles. The first-order valence-corrected chi connectivity index (χ1v) is 11.5. The van der Waals surface area contributed by atoms with Gasteiger partial charge in [0.1, 0.15) is 24.4 Å². The number of carbonyl (C=O) groups is 6. The van der Waals surface area contributed by atoms with Gasteiger partial charge in [0, 0.05) is 40.8 Å². The van der Waals surface area contributed by atoms with Crippen molar-refractivity contribution in [1.82, 2.24) is 4.90 Å². The number of ether oxygens (including phenoxy) is 7. The SMILES string of the molecule is COC(=O)C1=C[C@H](OC(C)=O)[C@@H](N(C)C(=O)OC(C)(C)C)[C@H]([C@H](OC(C)=O)C(COC(C)=O)OC(C)=O)O1. The van der Waals surface area contributed by atoms with Crippen molar-refractivity contribution in [2.75, 3.05) is 20.8 Å². The maximum atomic E-state index is 13.0. The minimum Gasteiger partial charge on any atom is -0.477 e. The van der Waals surface area contributed by atoms with Crippen LogP contribution >= 0.6 is 0 Å². The van der Waals surface area contributed by atoms with Gasteiger partial charge in [0.15, 0.2) is 18.3 Å². The average molecular weight is 546 g/mol. The van der Waals surface area contributed by atoms with E-state index < -0.39 is 84.4 Å². The highest BCUT2D eigenvalue weighted by Gasteiger charge is 2.51. The highest BCUT2D eigenvalue weighted by atomic mass is 16.6. The Hall–Kier alpha value is -3.84. The zero-order valence-corrected chi connectivity index (χ0v) is 22.9. The summed E-state index contributed by atoms with van der Waals surface area (Å²) in [4.78, 5) is 74.0. The molecule has 0 bridgehead atoms. The van der Waals surface area contributed by atoms with E-state index in [0.717, 1.165) is 45.8 Å². The molecule has 0 saturated carbocycles. The van der Waals surface area contributed by atoms with Crippen molar-refractivity contribution in [1.29, 1.82) is 0 Å². The summed E-state index contributed by atoms with van der Waals surface area (Å²) in [7, 11) is 2.38. The number of hydrogen-bond donors (Lipinski definition) is 0. The van der Waals surface area contributed by atoms with Crippen LogP contribution in [-0.4, -0.2) is 97.7 Å². The van der Waals surface area contributed by atoms with E-state index in [9.17, 15) is 28.8 Å². The molecule has 0 aliphatic carbocycles. The average Bonchev–Trinajstić information content (AvgIpc) is 2.76. The molecule has 0 radical (unpaired) electrons. The standard InChI is InChI=1S/C24H35NO13/c1-12(26)33-11-18(35-14(3)28)20(36-15(4)29)21-19(25(8)23(31)38-24(5,6)7)16(34-13(2)27)10-17(37-21)22(30)32-9/h10,16,18-21H,11H2,1-9H3/t16-,18?,19+,20+,21+/m0/s1. The van der Waals surface area contributed by atoms with Crippen LogP contribution in [0.15, 0.2) is 11.8 Å². The molecule has 1 rings (SSSR count). The molecule has 1 unspecified atom stereocenters. The van der Waals surface area contributed by atoms with Crippen LogP contribution < -0.4 is 0 Å². The van der Waals surface area contributed by atoms with E-state index in [0.29, 0.717) is 0 Å². The van der Waals surface area contributed by atoms with Crippen molar-refractivity contribution in [3.63, 3.8) is 0 Å². The number of likely N-dealkylation sites (N-methyl/N-ethyl adjacent to an activating group) is 1. The predicted octanol–water partition coefficient (Wildman–Crippen LogP) is 1.04. The van der Waals surface area contributed by atoms with Crippen LogP contribution in [0.1, 0.15) is 48.5 Å². The summed E-state index contributed by atoms with van der Waals surface area (Å²) in [5.74, 6) is -4.62. The Morgan fingerprint density at radius 1 is 0.947 bits per heavy atom. The molecule has 5 atom stereocenters. The molecule has 214 valence electrons. The molecule has 14 nitrogen and oxygen atoms in total. The second-order valence-electron chi connectivity index (χ2n) is 9.29. The molecule has 1 heterocycles. The van der Waals surface area contributed by atoms with Gasteiger partial charge in [-0.3, -0.25) is 19.2 Å². The molecule has 1 aliphatic heterocycles. The van der Waals surface area contributed by atoms with E-state index in [-0.39, 0.29) is 0 Å². The summed E-state index contributed by atoms with van der Waals surface area (Å²) < 4.78 is 37.1. The monoisotopic (exact) mass is 545 g/mol. The number of carbonyl (C=O) groups excluding carboxylic acids is 6. The number of hydrogen-bond acceptors (Lipinski definition) is 13. The molecular weight excluding hydrogens is 510 g/mol. The molecule has 0 fully saturated rings. The van der Waals surface area contributed by atoms with Gasteiger partial charge in [-0.15, -0.1) is 0 Å². The molecule has 0 aromatic rings. The van der Waals surface area contributed by atoms with Gasteiger partial charge in [0.25, 0.3) is 0 Å². The van der Waals surface area contributed by atoms with Crippen LogP contribution in [0.3, 0.4) is 0 Å². The van der Waals surface area contributed by atoms with Crippen LogP contribution in [-0.2, 0) is 57.1 Å². The number of amides is 1. The van der Waals surface area contributed by atoms with Crippen LogP contribution in [0.25, 0.3) is 0 Å². The molecule has 0 spiro atoms. The van der Waals surface area contributed by atoms with E-state index in [4.69, 9.17) is 33.2 Å². The molecule has 1 amide bonds. The number of nitrogens with zero attached hydrogens (tertiary/aromatic N) is 1. The lowest BCUT2D eigenvalue weighted by molar-refractivity contribution is -0.195. The lowest BCUT2D eigenvalue weighted by atomic mass is 9.92. The van der Waals surface area contributed by atoms with E-state index in [2.05, 4.69) is 0 Å². The maximum absolute atomic E-state index is 13.0. The first-order valence-electron chi connectivity index (χ1n) is 11.5. The van der Waals surface area contributed by atoms with Gasteiger partial charge in [0.05, 0.1) is 7.11 Å². The summed E-state index contributed by atoms with van der Waals surface area (Å²) >= 11 is 0. The second-order valence-corrected chi connectivity index (χ2v) is 9.29.